The molecule has 0 bridgehead atoms. The first-order valence-corrected chi connectivity index (χ1v) is 8.90. The second-order valence-electron chi connectivity index (χ2n) is 6.78. The van der Waals surface area contributed by atoms with Gasteiger partial charge in [0, 0.05) is 18.8 Å². The minimum Gasteiger partial charge on any atom is -0.472 e. The van der Waals surface area contributed by atoms with Crippen LogP contribution in [0.5, 0.6) is 0 Å². The van der Waals surface area contributed by atoms with Gasteiger partial charge in [0.25, 0.3) is 5.91 Å². The molecule has 3 atom stereocenters. The van der Waals surface area contributed by atoms with Crippen molar-refractivity contribution in [2.45, 2.75) is 31.7 Å². The number of furan rings is 1. The number of rotatable bonds is 5. The third-order valence-corrected chi connectivity index (χ3v) is 4.96. The maximum Gasteiger partial charge on any atom is 0.254 e. The molecule has 26 heavy (non-hydrogen) atoms. The van der Waals surface area contributed by atoms with E-state index in [4.69, 9.17) is 13.9 Å². The molecule has 0 aliphatic carbocycles. The summed E-state index contributed by atoms with van der Waals surface area (Å²) in [4.78, 5) is 19.3. The molecule has 4 rings (SSSR count). The summed E-state index contributed by atoms with van der Waals surface area (Å²) in [6.07, 6.45) is 2.80. The number of morpholine rings is 1. The lowest BCUT2D eigenvalue weighted by Crippen LogP contribution is -2.48. The third-order valence-electron chi connectivity index (χ3n) is 4.96. The molecule has 1 amide bonds. The third kappa shape index (κ3) is 3.65. The lowest BCUT2D eigenvalue weighted by Gasteiger charge is -2.32. The Morgan fingerprint density at radius 2 is 2.35 bits per heavy atom. The predicted molar refractivity (Wildman–Crippen MR) is 93.7 cm³/mol. The first kappa shape index (κ1) is 17.2. The zero-order chi connectivity index (χ0) is 17.9. The maximum absolute atomic E-state index is 12.4. The fourth-order valence-corrected chi connectivity index (χ4v) is 3.67. The van der Waals surface area contributed by atoms with Crippen molar-refractivity contribution in [2.75, 3.05) is 26.3 Å². The molecular formula is C19H23N3O4. The molecule has 2 aliphatic heterocycles. The van der Waals surface area contributed by atoms with E-state index in [1.54, 1.807) is 6.07 Å². The molecule has 2 fully saturated rings. The smallest absolute Gasteiger partial charge is 0.254 e. The minimum absolute atomic E-state index is 0.103. The number of amides is 1. The van der Waals surface area contributed by atoms with Gasteiger partial charge in [0.05, 0.1) is 55.5 Å². The summed E-state index contributed by atoms with van der Waals surface area (Å²) < 4.78 is 16.9. The predicted octanol–water partition coefficient (Wildman–Crippen LogP) is 1.38. The van der Waals surface area contributed by atoms with Crippen LogP contribution in [0.2, 0.25) is 0 Å². The van der Waals surface area contributed by atoms with E-state index in [0.29, 0.717) is 25.4 Å². The van der Waals surface area contributed by atoms with E-state index in [1.165, 1.54) is 12.5 Å². The lowest BCUT2D eigenvalue weighted by molar-refractivity contribution is -0.0538. The second-order valence-corrected chi connectivity index (χ2v) is 6.78. The van der Waals surface area contributed by atoms with Crippen LogP contribution < -0.4 is 5.32 Å². The Bertz CT molecular complexity index is 749. The Hall–Kier alpha value is -2.22. The van der Waals surface area contributed by atoms with Crippen LogP contribution in [-0.4, -0.2) is 60.3 Å². The first-order chi connectivity index (χ1) is 12.7. The number of nitrogens with one attached hydrogen (secondary N) is 1. The molecule has 4 heterocycles. The van der Waals surface area contributed by atoms with Crippen LogP contribution in [0.3, 0.4) is 0 Å². The van der Waals surface area contributed by atoms with Crippen molar-refractivity contribution in [3.8, 4) is 0 Å². The van der Waals surface area contributed by atoms with Crippen LogP contribution in [0.1, 0.15) is 21.7 Å². The van der Waals surface area contributed by atoms with Crippen LogP contribution in [0.25, 0.3) is 0 Å². The second kappa shape index (κ2) is 7.57. The molecule has 0 radical (unpaired) electrons. The molecule has 7 heteroatoms. The molecule has 2 aliphatic rings. The number of ether oxygens (including phenoxy) is 2. The summed E-state index contributed by atoms with van der Waals surface area (Å²) in [6.45, 7) is 5.31. The largest absolute Gasteiger partial charge is 0.472 e. The number of carbonyl (C=O) groups is 1. The van der Waals surface area contributed by atoms with E-state index < -0.39 is 0 Å². The van der Waals surface area contributed by atoms with Gasteiger partial charge in [-0.25, -0.2) is 0 Å². The maximum atomic E-state index is 12.4. The van der Waals surface area contributed by atoms with E-state index in [9.17, 15) is 4.79 Å². The molecule has 7 nitrogen and oxygen atoms in total. The summed E-state index contributed by atoms with van der Waals surface area (Å²) in [5, 5.41) is 3.09. The molecule has 1 N–H and O–H groups in total. The summed E-state index contributed by atoms with van der Waals surface area (Å²) in [5.41, 5.74) is 2.37. The fraction of sp³-hybridized carbons (Fsp3) is 0.474. The zero-order valence-electron chi connectivity index (χ0n) is 14.8. The van der Waals surface area contributed by atoms with Gasteiger partial charge < -0.3 is 19.2 Å². The highest BCUT2D eigenvalue weighted by Crippen LogP contribution is 2.25. The van der Waals surface area contributed by atoms with Gasteiger partial charge in [0.2, 0.25) is 0 Å². The standard InChI is InChI=1S/C19H23N3O4/c1-13-3-2-4-15(20-13)11-26-18-16(9-22-6-8-25-12-17(18)22)21-19(23)14-5-7-24-10-14/h2-5,7,10,16-18H,6,8-9,11-12H2,1H3,(H,21,23)/t16-,17+,18-/m1/s1. The number of aromatic nitrogens is 1. The number of fused-ring (bicyclic) bond motifs is 1. The average Bonchev–Trinajstić information content (AvgIpc) is 3.28. The summed E-state index contributed by atoms with van der Waals surface area (Å²) >= 11 is 0. The number of pyridine rings is 1. The molecule has 0 unspecified atom stereocenters. The van der Waals surface area contributed by atoms with Gasteiger partial charge in [-0.2, -0.15) is 0 Å². The van der Waals surface area contributed by atoms with Crippen molar-refractivity contribution in [1.29, 1.82) is 0 Å². The number of hydrogen-bond donors (Lipinski definition) is 1. The number of carbonyl (C=O) groups excluding carboxylic acids is 1. The molecular weight excluding hydrogens is 334 g/mol. The van der Waals surface area contributed by atoms with Crippen LogP contribution in [0.15, 0.2) is 41.2 Å². The van der Waals surface area contributed by atoms with Crippen LogP contribution in [0.4, 0.5) is 0 Å². The topological polar surface area (TPSA) is 76.8 Å². The Balaban J connectivity index is 1.46. The van der Waals surface area contributed by atoms with E-state index in [0.717, 1.165) is 24.5 Å². The van der Waals surface area contributed by atoms with Crippen molar-refractivity contribution in [1.82, 2.24) is 15.2 Å². The van der Waals surface area contributed by atoms with E-state index in [1.807, 2.05) is 25.1 Å². The molecule has 0 spiro atoms. The highest BCUT2D eigenvalue weighted by atomic mass is 16.5. The molecule has 2 saturated heterocycles. The molecule has 0 aromatic carbocycles. The van der Waals surface area contributed by atoms with Gasteiger partial charge in [0.1, 0.15) is 6.26 Å². The van der Waals surface area contributed by atoms with Gasteiger partial charge >= 0.3 is 0 Å². The first-order valence-electron chi connectivity index (χ1n) is 8.90. The Morgan fingerprint density at radius 1 is 1.42 bits per heavy atom. The van der Waals surface area contributed by atoms with E-state index in [-0.39, 0.29) is 24.1 Å². The SMILES string of the molecule is Cc1cccc(CO[C@@H]2[C@H](NC(=O)c3ccoc3)CN3CCOC[C@@H]23)n1. The average molecular weight is 357 g/mol. The van der Waals surface area contributed by atoms with Gasteiger partial charge in [0.15, 0.2) is 0 Å². The van der Waals surface area contributed by atoms with Crippen molar-refractivity contribution < 1.29 is 18.7 Å². The van der Waals surface area contributed by atoms with Gasteiger partial charge in [-0.3, -0.25) is 14.7 Å². The number of hydrogen-bond acceptors (Lipinski definition) is 6. The zero-order valence-corrected chi connectivity index (χ0v) is 14.8. The van der Waals surface area contributed by atoms with Gasteiger partial charge in [-0.05, 0) is 25.1 Å². The van der Waals surface area contributed by atoms with Crippen molar-refractivity contribution >= 4 is 5.91 Å². The van der Waals surface area contributed by atoms with Crippen LogP contribution in [-0.2, 0) is 16.1 Å². The highest BCUT2D eigenvalue weighted by molar-refractivity contribution is 5.94. The molecule has 0 saturated carbocycles. The van der Waals surface area contributed by atoms with Crippen molar-refractivity contribution in [3.63, 3.8) is 0 Å². The highest BCUT2D eigenvalue weighted by Gasteiger charge is 2.44. The van der Waals surface area contributed by atoms with Crippen molar-refractivity contribution in [3.05, 3.63) is 53.7 Å². The van der Waals surface area contributed by atoms with Crippen LogP contribution >= 0.6 is 0 Å². The Labute approximate surface area is 152 Å². The van der Waals surface area contributed by atoms with E-state index in [2.05, 4.69) is 15.2 Å². The minimum atomic E-state index is -0.146. The molecule has 2 aromatic heterocycles. The Kier molecular flexibility index (Phi) is 5.01. The number of nitrogens with zero attached hydrogens (tertiary/aromatic N) is 2. The fourth-order valence-electron chi connectivity index (χ4n) is 3.67. The summed E-state index contributed by atoms with van der Waals surface area (Å²) in [5.74, 6) is -0.146. The Morgan fingerprint density at radius 3 is 3.15 bits per heavy atom. The summed E-state index contributed by atoms with van der Waals surface area (Å²) in [7, 11) is 0. The van der Waals surface area contributed by atoms with Gasteiger partial charge in [-0.15, -0.1) is 0 Å². The normalized spacial score (nSPS) is 25.8. The monoisotopic (exact) mass is 357 g/mol. The van der Waals surface area contributed by atoms with E-state index >= 15 is 0 Å². The lowest BCUT2D eigenvalue weighted by atomic mass is 10.1. The number of aryl methyl sites for hydroxylation is 1. The van der Waals surface area contributed by atoms with Crippen molar-refractivity contribution in [2.24, 2.45) is 0 Å². The van der Waals surface area contributed by atoms with Gasteiger partial charge in [-0.1, -0.05) is 6.07 Å². The molecule has 2 aromatic rings. The quantitative estimate of drug-likeness (QED) is 0.871. The van der Waals surface area contributed by atoms with Crippen LogP contribution in [0, 0.1) is 6.92 Å². The summed E-state index contributed by atoms with van der Waals surface area (Å²) in [6, 6.07) is 7.59. The molecule has 138 valence electrons.